The first-order valence-corrected chi connectivity index (χ1v) is 5.50. The highest BCUT2D eigenvalue weighted by Gasteiger charge is 2.27. The summed E-state index contributed by atoms with van der Waals surface area (Å²) in [5, 5.41) is 10.8. The van der Waals surface area contributed by atoms with Gasteiger partial charge in [0, 0.05) is 26.6 Å². The number of aliphatic carboxylic acids is 1. The molecule has 0 unspecified atom stereocenters. The maximum absolute atomic E-state index is 11.9. The smallest absolute Gasteiger partial charge is 0.390 e. The summed E-state index contributed by atoms with van der Waals surface area (Å²) in [4.78, 5) is 22.4. The summed E-state index contributed by atoms with van der Waals surface area (Å²) < 4.78 is 35.7. The van der Waals surface area contributed by atoms with Crippen LogP contribution in [-0.2, 0) is 4.79 Å². The van der Waals surface area contributed by atoms with Crippen molar-refractivity contribution in [2.24, 2.45) is 0 Å². The number of alkyl halides is 3. The van der Waals surface area contributed by atoms with Crippen LogP contribution in [0, 0.1) is 0 Å². The summed E-state index contributed by atoms with van der Waals surface area (Å²) in [7, 11) is 1.28. The molecule has 0 aromatic carbocycles. The molecule has 2 N–H and O–H groups in total. The summed E-state index contributed by atoms with van der Waals surface area (Å²) in [5.41, 5.74) is 0. The molecule has 0 aliphatic carbocycles. The molecule has 0 spiro atoms. The van der Waals surface area contributed by atoms with E-state index in [0.717, 1.165) is 4.90 Å². The van der Waals surface area contributed by atoms with Gasteiger partial charge in [0.05, 0.1) is 6.42 Å². The number of urea groups is 1. The monoisotopic (exact) mass is 270 g/mol. The SMILES string of the molecule is CN(CCC(F)(F)F)C(=O)NCCCCC(=O)O. The maximum Gasteiger partial charge on any atom is 0.390 e. The van der Waals surface area contributed by atoms with E-state index in [2.05, 4.69) is 5.32 Å². The average molecular weight is 270 g/mol. The lowest BCUT2D eigenvalue weighted by Crippen LogP contribution is -2.39. The van der Waals surface area contributed by atoms with Gasteiger partial charge in [-0.25, -0.2) is 4.79 Å². The van der Waals surface area contributed by atoms with Crippen LogP contribution in [0.3, 0.4) is 0 Å². The van der Waals surface area contributed by atoms with Crippen molar-refractivity contribution in [1.82, 2.24) is 10.2 Å². The normalized spacial score (nSPS) is 11.1. The van der Waals surface area contributed by atoms with Gasteiger partial charge in [0.25, 0.3) is 0 Å². The molecule has 0 radical (unpaired) electrons. The minimum Gasteiger partial charge on any atom is -0.481 e. The number of nitrogens with zero attached hydrogens (tertiary/aromatic N) is 1. The Morgan fingerprint density at radius 1 is 1.28 bits per heavy atom. The minimum absolute atomic E-state index is 0.0137. The maximum atomic E-state index is 11.9. The van der Waals surface area contributed by atoms with Crippen LogP contribution < -0.4 is 5.32 Å². The van der Waals surface area contributed by atoms with Crippen LogP contribution in [0.15, 0.2) is 0 Å². The summed E-state index contributed by atoms with van der Waals surface area (Å²) in [6.45, 7) is -0.146. The molecule has 106 valence electrons. The standard InChI is InChI=1S/C10H17F3N2O3/c1-15(7-5-10(11,12)13)9(18)14-6-3-2-4-8(16)17/h2-7H2,1H3,(H,14,18)(H,16,17). The number of carboxylic acids is 1. The number of hydrogen-bond acceptors (Lipinski definition) is 2. The number of carbonyl (C=O) groups is 2. The van der Waals surface area contributed by atoms with E-state index >= 15 is 0 Å². The fraction of sp³-hybridized carbons (Fsp3) is 0.800. The first kappa shape index (κ1) is 16.5. The Bertz CT molecular complexity index is 282. The minimum atomic E-state index is -4.28. The van der Waals surface area contributed by atoms with E-state index in [0.29, 0.717) is 12.8 Å². The molecule has 0 aromatic heterocycles. The third-order valence-corrected chi connectivity index (χ3v) is 2.17. The Morgan fingerprint density at radius 3 is 2.39 bits per heavy atom. The second kappa shape index (κ2) is 7.78. The van der Waals surface area contributed by atoms with Crippen molar-refractivity contribution in [2.75, 3.05) is 20.1 Å². The largest absolute Gasteiger partial charge is 0.481 e. The highest BCUT2D eigenvalue weighted by atomic mass is 19.4. The lowest BCUT2D eigenvalue weighted by atomic mass is 10.2. The van der Waals surface area contributed by atoms with Crippen LogP contribution in [-0.4, -0.2) is 48.3 Å². The Morgan fingerprint density at radius 2 is 1.89 bits per heavy atom. The third-order valence-electron chi connectivity index (χ3n) is 2.17. The third kappa shape index (κ3) is 9.73. The highest BCUT2D eigenvalue weighted by Crippen LogP contribution is 2.19. The number of halogens is 3. The zero-order valence-corrected chi connectivity index (χ0v) is 10.1. The van der Waals surface area contributed by atoms with Crippen molar-refractivity contribution in [3.05, 3.63) is 0 Å². The summed E-state index contributed by atoms with van der Waals surface area (Å²) >= 11 is 0. The number of hydrogen-bond donors (Lipinski definition) is 2. The number of carbonyl (C=O) groups excluding carboxylic acids is 1. The molecule has 0 saturated heterocycles. The van der Waals surface area contributed by atoms with Crippen molar-refractivity contribution in [3.8, 4) is 0 Å². The molecule has 0 rings (SSSR count). The van der Waals surface area contributed by atoms with Crippen LogP contribution in [0.2, 0.25) is 0 Å². The molecule has 8 heteroatoms. The van der Waals surface area contributed by atoms with Gasteiger partial charge >= 0.3 is 18.2 Å². The first-order valence-electron chi connectivity index (χ1n) is 5.50. The fourth-order valence-corrected chi connectivity index (χ4v) is 1.13. The van der Waals surface area contributed by atoms with Gasteiger partial charge < -0.3 is 15.3 Å². The van der Waals surface area contributed by atoms with E-state index < -0.39 is 31.1 Å². The Balaban J connectivity index is 3.65. The number of nitrogens with one attached hydrogen (secondary N) is 1. The van der Waals surface area contributed by atoms with E-state index in [4.69, 9.17) is 5.11 Å². The van der Waals surface area contributed by atoms with Crippen LogP contribution in [0.4, 0.5) is 18.0 Å². The topological polar surface area (TPSA) is 69.6 Å². The molecule has 5 nitrogen and oxygen atoms in total. The number of carboxylic acid groups (broad SMARTS) is 1. The van der Waals surface area contributed by atoms with Gasteiger partial charge in [0.2, 0.25) is 0 Å². The van der Waals surface area contributed by atoms with Gasteiger partial charge in [-0.15, -0.1) is 0 Å². The van der Waals surface area contributed by atoms with Crippen molar-refractivity contribution < 1.29 is 27.9 Å². The summed E-state index contributed by atoms with van der Waals surface area (Å²) in [6.07, 6.45) is -4.42. The molecule has 18 heavy (non-hydrogen) atoms. The van der Waals surface area contributed by atoms with Crippen LogP contribution in [0.25, 0.3) is 0 Å². The molecule has 0 aliphatic rings. The summed E-state index contributed by atoms with van der Waals surface area (Å²) in [5.74, 6) is -0.913. The van der Waals surface area contributed by atoms with Crippen molar-refractivity contribution in [3.63, 3.8) is 0 Å². The van der Waals surface area contributed by atoms with E-state index in [1.165, 1.54) is 7.05 Å². The van der Waals surface area contributed by atoms with Gasteiger partial charge in [-0.2, -0.15) is 13.2 Å². The van der Waals surface area contributed by atoms with Gasteiger partial charge in [-0.05, 0) is 12.8 Å². The van der Waals surface area contributed by atoms with Crippen LogP contribution in [0.1, 0.15) is 25.7 Å². The fourth-order valence-electron chi connectivity index (χ4n) is 1.13. The molecular weight excluding hydrogens is 253 g/mol. The van der Waals surface area contributed by atoms with E-state index in [9.17, 15) is 22.8 Å². The molecule has 0 saturated carbocycles. The number of rotatable bonds is 7. The average Bonchev–Trinajstić information content (AvgIpc) is 2.23. The Kier molecular flexibility index (Phi) is 7.14. The lowest BCUT2D eigenvalue weighted by Gasteiger charge is -2.18. The van der Waals surface area contributed by atoms with E-state index in [-0.39, 0.29) is 13.0 Å². The molecule has 0 atom stereocenters. The second-order valence-corrected chi connectivity index (χ2v) is 3.87. The number of amides is 2. The van der Waals surface area contributed by atoms with Crippen LogP contribution >= 0.6 is 0 Å². The highest BCUT2D eigenvalue weighted by molar-refractivity contribution is 5.73. The first-order chi connectivity index (χ1) is 8.22. The number of unbranched alkanes of at least 4 members (excludes halogenated alkanes) is 1. The Hall–Kier alpha value is -1.47. The molecule has 0 fully saturated rings. The Labute approximate surface area is 103 Å². The van der Waals surface area contributed by atoms with Gasteiger partial charge in [0.15, 0.2) is 0 Å². The van der Waals surface area contributed by atoms with Crippen molar-refractivity contribution in [1.29, 1.82) is 0 Å². The van der Waals surface area contributed by atoms with Gasteiger partial charge in [-0.1, -0.05) is 0 Å². The summed E-state index contributed by atoms with van der Waals surface area (Å²) in [6, 6.07) is -0.588. The second-order valence-electron chi connectivity index (χ2n) is 3.87. The van der Waals surface area contributed by atoms with E-state index in [1.807, 2.05) is 0 Å². The molecule has 2 amide bonds. The predicted octanol–water partition coefficient (Wildman–Crippen LogP) is 1.84. The van der Waals surface area contributed by atoms with Crippen LogP contribution in [0.5, 0.6) is 0 Å². The van der Waals surface area contributed by atoms with Gasteiger partial charge in [-0.3, -0.25) is 4.79 Å². The molecule has 0 heterocycles. The molecular formula is C10H17F3N2O3. The molecule has 0 aliphatic heterocycles. The molecule has 0 aromatic rings. The molecule has 0 bridgehead atoms. The quantitative estimate of drug-likeness (QED) is 0.693. The van der Waals surface area contributed by atoms with E-state index in [1.54, 1.807) is 0 Å². The lowest BCUT2D eigenvalue weighted by molar-refractivity contribution is -0.137. The zero-order valence-electron chi connectivity index (χ0n) is 10.1. The van der Waals surface area contributed by atoms with Crippen molar-refractivity contribution in [2.45, 2.75) is 31.9 Å². The van der Waals surface area contributed by atoms with Crippen molar-refractivity contribution >= 4 is 12.0 Å². The van der Waals surface area contributed by atoms with Gasteiger partial charge in [0.1, 0.15) is 0 Å². The zero-order chi connectivity index (χ0) is 14.2. The predicted molar refractivity (Wildman–Crippen MR) is 58.2 cm³/mol.